The Labute approximate surface area is 104 Å². The fourth-order valence-corrected chi connectivity index (χ4v) is 2.76. The van der Waals surface area contributed by atoms with E-state index in [1.165, 1.54) is 17.9 Å². The summed E-state index contributed by atoms with van der Waals surface area (Å²) in [5.74, 6) is -1.25. The highest BCUT2D eigenvalue weighted by molar-refractivity contribution is 8.14. The second-order valence-electron chi connectivity index (χ2n) is 3.86. The lowest BCUT2D eigenvalue weighted by molar-refractivity contribution is -0.148. The van der Waals surface area contributed by atoms with E-state index in [9.17, 15) is 14.4 Å². The van der Waals surface area contributed by atoms with Crippen molar-refractivity contribution in [2.24, 2.45) is 0 Å². The third-order valence-electron chi connectivity index (χ3n) is 2.51. The van der Waals surface area contributed by atoms with Gasteiger partial charge >= 0.3 is 5.97 Å². The highest BCUT2D eigenvalue weighted by Gasteiger charge is 2.37. The average Bonchev–Trinajstić information content (AvgIpc) is 2.54. The molecule has 1 amide bonds. The van der Waals surface area contributed by atoms with Crippen LogP contribution in [0.25, 0.3) is 0 Å². The van der Waals surface area contributed by atoms with Crippen LogP contribution >= 0.6 is 11.8 Å². The zero-order valence-electron chi connectivity index (χ0n) is 9.59. The maximum Gasteiger partial charge on any atom is 0.326 e. The number of carbonyl (C=O) groups excluding carboxylic acids is 2. The number of likely N-dealkylation sites (tertiary alicyclic amines) is 1. The van der Waals surface area contributed by atoms with E-state index in [0.717, 1.165) is 11.8 Å². The molecular formula is C11H15NO4S. The summed E-state index contributed by atoms with van der Waals surface area (Å²) in [5, 5.41) is 8.85. The Morgan fingerprint density at radius 3 is 2.82 bits per heavy atom. The van der Waals surface area contributed by atoms with Crippen LogP contribution in [0.3, 0.4) is 0 Å². The molecule has 0 radical (unpaired) electrons. The SMILES string of the molecule is C=CCC(C(=O)O)N1CC(SC(C)=O)CC1=O. The van der Waals surface area contributed by atoms with E-state index in [-0.39, 0.29) is 29.1 Å². The number of thioether (sulfide) groups is 1. The van der Waals surface area contributed by atoms with Gasteiger partial charge in [0.05, 0.1) is 0 Å². The number of carboxylic acid groups (broad SMARTS) is 1. The van der Waals surface area contributed by atoms with Crippen molar-refractivity contribution in [3.63, 3.8) is 0 Å². The Morgan fingerprint density at radius 1 is 1.71 bits per heavy atom. The topological polar surface area (TPSA) is 74.7 Å². The Kier molecular flexibility index (Phi) is 4.74. The van der Waals surface area contributed by atoms with E-state index in [1.54, 1.807) is 0 Å². The van der Waals surface area contributed by atoms with Gasteiger partial charge in [0.2, 0.25) is 5.91 Å². The quantitative estimate of drug-likeness (QED) is 0.740. The zero-order chi connectivity index (χ0) is 13.0. The van der Waals surface area contributed by atoms with E-state index in [1.807, 2.05) is 0 Å². The van der Waals surface area contributed by atoms with Gasteiger partial charge in [0, 0.05) is 25.1 Å². The Bertz CT molecular complexity index is 355. The summed E-state index contributed by atoms with van der Waals surface area (Å²) in [6.45, 7) is 5.24. The number of nitrogens with zero attached hydrogens (tertiary/aromatic N) is 1. The lowest BCUT2D eigenvalue weighted by Gasteiger charge is -2.23. The van der Waals surface area contributed by atoms with Crippen LogP contribution in [-0.4, -0.2) is 44.8 Å². The molecule has 0 aliphatic carbocycles. The monoisotopic (exact) mass is 257 g/mol. The Balaban J connectivity index is 2.70. The van der Waals surface area contributed by atoms with Crippen LogP contribution in [0, 0.1) is 0 Å². The van der Waals surface area contributed by atoms with Crippen molar-refractivity contribution < 1.29 is 19.5 Å². The molecule has 1 saturated heterocycles. The van der Waals surface area contributed by atoms with Crippen LogP contribution in [0.4, 0.5) is 0 Å². The van der Waals surface area contributed by atoms with Crippen LogP contribution in [0.15, 0.2) is 12.7 Å². The second kappa shape index (κ2) is 5.86. The molecule has 0 spiro atoms. The van der Waals surface area contributed by atoms with Crippen LogP contribution < -0.4 is 0 Å². The number of hydrogen-bond donors (Lipinski definition) is 1. The van der Waals surface area contributed by atoms with Gasteiger partial charge in [0.1, 0.15) is 6.04 Å². The van der Waals surface area contributed by atoms with Gasteiger partial charge in [-0.15, -0.1) is 6.58 Å². The van der Waals surface area contributed by atoms with Crippen LogP contribution in [0.5, 0.6) is 0 Å². The van der Waals surface area contributed by atoms with Gasteiger partial charge in [0.25, 0.3) is 0 Å². The highest BCUT2D eigenvalue weighted by Crippen LogP contribution is 2.26. The number of carboxylic acids is 1. The predicted molar refractivity (Wildman–Crippen MR) is 64.6 cm³/mol. The molecule has 1 aliphatic rings. The lowest BCUT2D eigenvalue weighted by Crippen LogP contribution is -2.42. The van der Waals surface area contributed by atoms with Crippen LogP contribution in [0.2, 0.25) is 0 Å². The molecule has 0 aromatic rings. The van der Waals surface area contributed by atoms with Gasteiger partial charge in [-0.3, -0.25) is 9.59 Å². The van der Waals surface area contributed by atoms with Gasteiger partial charge in [-0.25, -0.2) is 4.79 Å². The minimum absolute atomic E-state index is 0.0553. The average molecular weight is 257 g/mol. The molecule has 17 heavy (non-hydrogen) atoms. The smallest absolute Gasteiger partial charge is 0.326 e. The molecule has 5 nitrogen and oxygen atoms in total. The molecule has 0 bridgehead atoms. The second-order valence-corrected chi connectivity index (χ2v) is 5.34. The molecule has 2 atom stereocenters. The summed E-state index contributed by atoms with van der Waals surface area (Å²) in [5.41, 5.74) is 0. The Hall–Kier alpha value is -1.30. The van der Waals surface area contributed by atoms with Crippen molar-refractivity contribution in [3.05, 3.63) is 12.7 Å². The summed E-state index contributed by atoms with van der Waals surface area (Å²) >= 11 is 1.10. The van der Waals surface area contributed by atoms with Crippen molar-refractivity contribution in [1.82, 2.24) is 4.90 Å². The fourth-order valence-electron chi connectivity index (χ4n) is 1.83. The zero-order valence-corrected chi connectivity index (χ0v) is 10.4. The normalized spacial score (nSPS) is 21.4. The standard InChI is InChI=1S/C11H15NO4S/c1-3-4-9(11(15)16)12-6-8(5-10(12)14)17-7(2)13/h3,8-9H,1,4-6H2,2H3,(H,15,16). The maximum absolute atomic E-state index is 11.7. The number of amides is 1. The molecule has 1 rings (SSSR count). The minimum Gasteiger partial charge on any atom is -0.480 e. The van der Waals surface area contributed by atoms with Gasteiger partial charge in [-0.2, -0.15) is 0 Å². The number of hydrogen-bond acceptors (Lipinski definition) is 4. The van der Waals surface area contributed by atoms with Gasteiger partial charge in [0.15, 0.2) is 5.12 Å². The molecule has 0 aromatic carbocycles. The summed E-state index contributed by atoms with van der Waals surface area (Å²) < 4.78 is 0. The third-order valence-corrected chi connectivity index (χ3v) is 3.49. The van der Waals surface area contributed by atoms with Crippen LogP contribution in [-0.2, 0) is 14.4 Å². The Morgan fingerprint density at radius 2 is 2.35 bits per heavy atom. The van der Waals surface area contributed by atoms with E-state index < -0.39 is 12.0 Å². The highest BCUT2D eigenvalue weighted by atomic mass is 32.2. The number of carbonyl (C=O) groups is 3. The molecule has 0 saturated carbocycles. The largest absolute Gasteiger partial charge is 0.480 e. The molecule has 1 fully saturated rings. The summed E-state index contributed by atoms with van der Waals surface area (Å²) in [4.78, 5) is 35.0. The molecule has 94 valence electrons. The molecule has 1 heterocycles. The molecule has 0 aromatic heterocycles. The number of rotatable bonds is 5. The van der Waals surface area contributed by atoms with E-state index in [4.69, 9.17) is 5.11 Å². The first-order valence-corrected chi connectivity index (χ1v) is 6.14. The van der Waals surface area contributed by atoms with Gasteiger partial charge < -0.3 is 10.0 Å². The number of aliphatic carboxylic acids is 1. The van der Waals surface area contributed by atoms with Crippen molar-refractivity contribution in [2.45, 2.75) is 31.1 Å². The van der Waals surface area contributed by atoms with Gasteiger partial charge in [-0.05, 0) is 6.42 Å². The van der Waals surface area contributed by atoms with Crippen molar-refractivity contribution >= 4 is 28.8 Å². The van der Waals surface area contributed by atoms with Gasteiger partial charge in [-0.1, -0.05) is 17.8 Å². The maximum atomic E-state index is 11.7. The summed E-state index contributed by atoms with van der Waals surface area (Å²) in [7, 11) is 0. The predicted octanol–water partition coefficient (Wildman–Crippen LogP) is 0.896. The van der Waals surface area contributed by atoms with Crippen molar-refractivity contribution in [3.8, 4) is 0 Å². The molecule has 2 unspecified atom stereocenters. The van der Waals surface area contributed by atoms with E-state index >= 15 is 0 Å². The molecular weight excluding hydrogens is 242 g/mol. The molecule has 6 heteroatoms. The summed E-state index contributed by atoms with van der Waals surface area (Å²) in [6, 6.07) is -0.863. The third kappa shape index (κ3) is 3.59. The van der Waals surface area contributed by atoms with E-state index in [0.29, 0.717) is 6.54 Å². The minimum atomic E-state index is -1.04. The fraction of sp³-hybridized carbons (Fsp3) is 0.545. The first-order valence-electron chi connectivity index (χ1n) is 5.26. The lowest BCUT2D eigenvalue weighted by atomic mass is 10.2. The van der Waals surface area contributed by atoms with E-state index in [2.05, 4.69) is 6.58 Å². The first kappa shape index (κ1) is 13.8. The molecule has 1 aliphatic heterocycles. The van der Waals surface area contributed by atoms with Crippen LogP contribution in [0.1, 0.15) is 19.8 Å². The van der Waals surface area contributed by atoms with Crippen molar-refractivity contribution in [2.75, 3.05) is 6.54 Å². The van der Waals surface area contributed by atoms with Crippen molar-refractivity contribution in [1.29, 1.82) is 0 Å². The molecule has 1 N–H and O–H groups in total. The first-order chi connectivity index (χ1) is 7.95. The summed E-state index contributed by atoms with van der Waals surface area (Å²) in [6.07, 6.45) is 1.93.